The maximum absolute atomic E-state index is 12.2. The third-order valence-corrected chi connectivity index (χ3v) is 3.42. The third-order valence-electron chi connectivity index (χ3n) is 3.09. The number of nitrogens with one attached hydrogen (secondary N) is 1. The number of hydrogen-bond donors (Lipinski definition) is 2. The van der Waals surface area contributed by atoms with Gasteiger partial charge in [-0.05, 0) is 17.7 Å². The first-order valence-corrected chi connectivity index (χ1v) is 7.62. The van der Waals surface area contributed by atoms with Crippen molar-refractivity contribution >= 4 is 23.5 Å². The Balaban J connectivity index is 2.88. The summed E-state index contributed by atoms with van der Waals surface area (Å²) >= 11 is 5.96. The number of allylic oxidation sites excluding steroid dienone is 3. The molecule has 0 saturated carbocycles. The van der Waals surface area contributed by atoms with Crippen molar-refractivity contribution in [3.63, 3.8) is 0 Å². The Kier molecular flexibility index (Phi) is 8.54. The molecule has 24 heavy (non-hydrogen) atoms. The van der Waals surface area contributed by atoms with E-state index < -0.39 is 17.9 Å². The molecule has 1 rings (SSSR count). The molecule has 1 atom stereocenters. The number of carbonyl (C=O) groups excluding carboxylic acids is 1. The maximum Gasteiger partial charge on any atom is 0.326 e. The van der Waals surface area contributed by atoms with Crippen molar-refractivity contribution in [1.82, 2.24) is 5.32 Å². The second-order valence-corrected chi connectivity index (χ2v) is 5.29. The zero-order chi connectivity index (χ0) is 17.9. The number of carbonyl (C=O) groups is 2. The van der Waals surface area contributed by atoms with Crippen molar-refractivity contribution in [3.05, 3.63) is 71.3 Å². The monoisotopic (exact) mass is 349 g/mol. The number of rotatable bonds is 9. The molecule has 1 aromatic carbocycles. The van der Waals surface area contributed by atoms with Crippen LogP contribution < -0.4 is 5.32 Å². The van der Waals surface area contributed by atoms with Gasteiger partial charge in [0.15, 0.2) is 0 Å². The SMILES string of the molecule is C=C/C=C(\C=C/COC)CC(NC(=O)c1ccccc1Cl)C(=O)O. The number of ether oxygens (including phenoxy) is 1. The van der Waals surface area contributed by atoms with Crippen LogP contribution in [-0.2, 0) is 9.53 Å². The van der Waals surface area contributed by atoms with Crippen LogP contribution >= 0.6 is 11.6 Å². The molecular weight excluding hydrogens is 330 g/mol. The van der Waals surface area contributed by atoms with Gasteiger partial charge in [-0.15, -0.1) is 0 Å². The highest BCUT2D eigenvalue weighted by molar-refractivity contribution is 6.33. The minimum Gasteiger partial charge on any atom is -0.480 e. The van der Waals surface area contributed by atoms with Crippen LogP contribution in [0.1, 0.15) is 16.8 Å². The predicted molar refractivity (Wildman–Crippen MR) is 94.3 cm³/mol. The fourth-order valence-corrected chi connectivity index (χ4v) is 2.18. The topological polar surface area (TPSA) is 75.6 Å². The number of amides is 1. The maximum atomic E-state index is 12.2. The van der Waals surface area contributed by atoms with E-state index in [0.717, 1.165) is 0 Å². The van der Waals surface area contributed by atoms with Gasteiger partial charge in [0.25, 0.3) is 5.91 Å². The van der Waals surface area contributed by atoms with Crippen LogP contribution in [0.25, 0.3) is 0 Å². The third kappa shape index (κ3) is 6.40. The van der Waals surface area contributed by atoms with Crippen molar-refractivity contribution in [1.29, 1.82) is 0 Å². The van der Waals surface area contributed by atoms with Gasteiger partial charge < -0.3 is 15.2 Å². The molecule has 0 radical (unpaired) electrons. The summed E-state index contributed by atoms with van der Waals surface area (Å²) in [5, 5.41) is 12.1. The molecule has 0 spiro atoms. The van der Waals surface area contributed by atoms with Crippen molar-refractivity contribution in [2.75, 3.05) is 13.7 Å². The molecule has 0 bridgehead atoms. The van der Waals surface area contributed by atoms with Crippen LogP contribution in [0.15, 0.2) is 60.7 Å². The molecule has 0 aliphatic carbocycles. The molecule has 0 fully saturated rings. The van der Waals surface area contributed by atoms with Crippen LogP contribution in [0.3, 0.4) is 0 Å². The summed E-state index contributed by atoms with van der Waals surface area (Å²) in [7, 11) is 1.56. The Labute approximate surface area is 146 Å². The number of methoxy groups -OCH3 is 1. The molecule has 1 aromatic rings. The number of hydrogen-bond acceptors (Lipinski definition) is 3. The van der Waals surface area contributed by atoms with E-state index in [1.165, 1.54) is 6.07 Å². The molecule has 2 N–H and O–H groups in total. The van der Waals surface area contributed by atoms with Gasteiger partial charge in [-0.25, -0.2) is 4.79 Å². The largest absolute Gasteiger partial charge is 0.480 e. The van der Waals surface area contributed by atoms with E-state index in [0.29, 0.717) is 12.2 Å². The molecule has 6 heteroatoms. The lowest BCUT2D eigenvalue weighted by Crippen LogP contribution is -2.41. The summed E-state index contributed by atoms with van der Waals surface area (Å²) in [6.45, 7) is 4.01. The molecule has 0 heterocycles. The van der Waals surface area contributed by atoms with Gasteiger partial charge in [-0.2, -0.15) is 0 Å². The van der Waals surface area contributed by atoms with Gasteiger partial charge in [0, 0.05) is 13.5 Å². The zero-order valence-corrected chi connectivity index (χ0v) is 14.1. The summed E-state index contributed by atoms with van der Waals surface area (Å²) in [5.41, 5.74) is 0.934. The summed E-state index contributed by atoms with van der Waals surface area (Å²) < 4.78 is 4.92. The predicted octanol–water partition coefficient (Wildman–Crippen LogP) is 3.23. The highest BCUT2D eigenvalue weighted by atomic mass is 35.5. The first-order valence-electron chi connectivity index (χ1n) is 7.24. The molecule has 0 aromatic heterocycles. The highest BCUT2D eigenvalue weighted by Crippen LogP contribution is 2.16. The summed E-state index contributed by atoms with van der Waals surface area (Å²) in [6.07, 6.45) is 6.84. The van der Waals surface area contributed by atoms with E-state index in [4.69, 9.17) is 16.3 Å². The molecule has 5 nitrogen and oxygen atoms in total. The van der Waals surface area contributed by atoms with Crippen LogP contribution in [0.2, 0.25) is 5.02 Å². The molecule has 0 aliphatic heterocycles. The van der Waals surface area contributed by atoms with Crippen LogP contribution in [0.4, 0.5) is 0 Å². The quantitative estimate of drug-likeness (QED) is 0.671. The Morgan fingerprint density at radius 1 is 1.42 bits per heavy atom. The second-order valence-electron chi connectivity index (χ2n) is 4.88. The summed E-state index contributed by atoms with van der Waals surface area (Å²) in [5.74, 6) is -1.67. The van der Waals surface area contributed by atoms with Gasteiger partial charge >= 0.3 is 5.97 Å². The van der Waals surface area contributed by atoms with Crippen LogP contribution in [0.5, 0.6) is 0 Å². The minimum absolute atomic E-state index is 0.109. The van der Waals surface area contributed by atoms with Crippen molar-refractivity contribution < 1.29 is 19.4 Å². The van der Waals surface area contributed by atoms with E-state index in [2.05, 4.69) is 11.9 Å². The lowest BCUT2D eigenvalue weighted by Gasteiger charge is -2.15. The Morgan fingerprint density at radius 2 is 2.12 bits per heavy atom. The molecule has 1 amide bonds. The van der Waals surface area contributed by atoms with Gasteiger partial charge in [-0.3, -0.25) is 4.79 Å². The number of carboxylic acids is 1. The summed E-state index contributed by atoms with van der Waals surface area (Å²) in [6, 6.07) is 5.37. The normalized spacial score (nSPS) is 12.8. The first-order chi connectivity index (χ1) is 11.5. The first kappa shape index (κ1) is 19.7. The van der Waals surface area contributed by atoms with E-state index in [1.54, 1.807) is 49.6 Å². The Morgan fingerprint density at radius 3 is 2.71 bits per heavy atom. The lowest BCUT2D eigenvalue weighted by atomic mass is 10.0. The molecule has 128 valence electrons. The van der Waals surface area contributed by atoms with E-state index in [9.17, 15) is 14.7 Å². The van der Waals surface area contributed by atoms with Gasteiger partial charge in [0.1, 0.15) is 6.04 Å². The average molecular weight is 350 g/mol. The van der Waals surface area contributed by atoms with E-state index in [1.807, 2.05) is 0 Å². The van der Waals surface area contributed by atoms with E-state index in [-0.39, 0.29) is 17.0 Å². The number of halogens is 1. The standard InChI is InChI=1S/C18H20ClNO4/c1-3-7-13(8-6-11-24-2)12-16(18(22)23)20-17(21)14-9-4-5-10-15(14)19/h3-10,16H,1,11-12H2,2H3,(H,20,21)(H,22,23)/b8-6-,13-7+. The fraction of sp³-hybridized carbons (Fsp3) is 0.222. The number of carboxylic acid groups (broad SMARTS) is 1. The van der Waals surface area contributed by atoms with E-state index >= 15 is 0 Å². The van der Waals surface area contributed by atoms with Crippen LogP contribution in [0, 0.1) is 0 Å². The van der Waals surface area contributed by atoms with Crippen LogP contribution in [-0.4, -0.2) is 36.7 Å². The Hall–Kier alpha value is -2.37. The smallest absolute Gasteiger partial charge is 0.326 e. The van der Waals surface area contributed by atoms with Crippen molar-refractivity contribution in [2.24, 2.45) is 0 Å². The average Bonchev–Trinajstić information content (AvgIpc) is 2.54. The second kappa shape index (κ2) is 10.4. The molecular formula is C18H20ClNO4. The number of benzene rings is 1. The van der Waals surface area contributed by atoms with Gasteiger partial charge in [0.2, 0.25) is 0 Å². The molecule has 1 unspecified atom stereocenters. The Bertz CT molecular complexity index is 652. The summed E-state index contributed by atoms with van der Waals surface area (Å²) in [4.78, 5) is 23.7. The zero-order valence-electron chi connectivity index (χ0n) is 13.4. The minimum atomic E-state index is -1.13. The highest BCUT2D eigenvalue weighted by Gasteiger charge is 2.22. The van der Waals surface area contributed by atoms with Gasteiger partial charge in [-0.1, -0.05) is 54.6 Å². The van der Waals surface area contributed by atoms with Crippen molar-refractivity contribution in [2.45, 2.75) is 12.5 Å². The molecule has 0 saturated heterocycles. The fourth-order valence-electron chi connectivity index (χ4n) is 1.96. The number of aliphatic carboxylic acids is 1. The molecule has 0 aliphatic rings. The van der Waals surface area contributed by atoms with Crippen molar-refractivity contribution in [3.8, 4) is 0 Å². The van der Waals surface area contributed by atoms with Gasteiger partial charge in [0.05, 0.1) is 17.2 Å². The lowest BCUT2D eigenvalue weighted by molar-refractivity contribution is -0.139.